The Morgan fingerprint density at radius 1 is 0.688 bits per heavy atom. The van der Waals surface area contributed by atoms with E-state index >= 15 is 0 Å². The Bertz CT molecular complexity index is 766. The van der Waals surface area contributed by atoms with Crippen molar-refractivity contribution < 1.29 is 39.8 Å². The van der Waals surface area contributed by atoms with Crippen LogP contribution in [-0.4, -0.2) is 87.5 Å². The fourth-order valence-corrected chi connectivity index (χ4v) is 6.33. The van der Waals surface area contributed by atoms with Crippen LogP contribution >= 0.6 is 0 Å². The van der Waals surface area contributed by atoms with Gasteiger partial charge in [0, 0.05) is 6.42 Å². The molecule has 1 aliphatic heterocycles. The highest BCUT2D eigenvalue weighted by molar-refractivity contribution is 5.76. The summed E-state index contributed by atoms with van der Waals surface area (Å²) in [6.07, 6.45) is 25.3. The molecule has 0 aromatic heterocycles. The van der Waals surface area contributed by atoms with Crippen LogP contribution < -0.4 is 5.32 Å². The zero-order valence-electron chi connectivity index (χ0n) is 30.7. The van der Waals surface area contributed by atoms with Gasteiger partial charge in [0.25, 0.3) is 0 Å². The summed E-state index contributed by atoms with van der Waals surface area (Å²) >= 11 is 0. The lowest BCUT2D eigenvalue weighted by Crippen LogP contribution is -2.60. The smallest absolute Gasteiger partial charge is 0.220 e. The highest BCUT2D eigenvalue weighted by Gasteiger charge is 2.44. The largest absolute Gasteiger partial charge is 0.394 e. The molecule has 1 rings (SSSR count). The van der Waals surface area contributed by atoms with E-state index in [-0.39, 0.29) is 12.5 Å². The third-order valence-corrected chi connectivity index (χ3v) is 9.61. The van der Waals surface area contributed by atoms with Crippen LogP contribution in [0.3, 0.4) is 0 Å². The average Bonchev–Trinajstić information content (AvgIpc) is 3.08. The van der Waals surface area contributed by atoms with Gasteiger partial charge >= 0.3 is 0 Å². The molecule has 1 amide bonds. The second kappa shape index (κ2) is 30.7. The summed E-state index contributed by atoms with van der Waals surface area (Å²) in [5.74, 6) is -0.178. The van der Waals surface area contributed by atoms with Crippen LogP contribution in [0.25, 0.3) is 0 Å². The minimum absolute atomic E-state index is 0.178. The maximum absolute atomic E-state index is 12.8. The van der Waals surface area contributed by atoms with Crippen LogP contribution in [0.5, 0.6) is 0 Å². The van der Waals surface area contributed by atoms with Gasteiger partial charge in [-0.25, -0.2) is 0 Å². The first-order valence-corrected chi connectivity index (χ1v) is 19.9. The van der Waals surface area contributed by atoms with Crippen molar-refractivity contribution in [2.24, 2.45) is 0 Å². The number of nitrogens with one attached hydrogen (secondary N) is 1. The van der Waals surface area contributed by atoms with Gasteiger partial charge in [-0.2, -0.15) is 0 Å². The number of hydrogen-bond donors (Lipinski definition) is 6. The zero-order valence-corrected chi connectivity index (χ0v) is 30.7. The fraction of sp³-hybridized carbons (Fsp3) is 0.923. The van der Waals surface area contributed by atoms with E-state index in [2.05, 4.69) is 19.2 Å². The maximum Gasteiger partial charge on any atom is 0.220 e. The van der Waals surface area contributed by atoms with E-state index in [0.29, 0.717) is 6.42 Å². The molecule has 0 aromatic rings. The van der Waals surface area contributed by atoms with Crippen molar-refractivity contribution in [3.8, 4) is 0 Å². The normalized spacial score (nSPS) is 22.7. The molecular weight excluding hydrogens is 610 g/mol. The molecule has 1 heterocycles. The summed E-state index contributed by atoms with van der Waals surface area (Å²) in [5.41, 5.74) is 0. The minimum Gasteiger partial charge on any atom is -0.394 e. The van der Waals surface area contributed by atoms with Gasteiger partial charge in [0.1, 0.15) is 24.4 Å². The van der Waals surface area contributed by atoms with E-state index in [9.17, 15) is 30.3 Å². The van der Waals surface area contributed by atoms with Gasteiger partial charge in [-0.15, -0.1) is 0 Å². The predicted octanol–water partition coefficient (Wildman–Crippen LogP) is 7.00. The van der Waals surface area contributed by atoms with Crippen LogP contribution in [0.2, 0.25) is 0 Å². The molecule has 0 radical (unpaired) electrons. The Morgan fingerprint density at radius 3 is 1.62 bits per heavy atom. The number of ether oxygens (including phenoxy) is 2. The van der Waals surface area contributed by atoms with Gasteiger partial charge < -0.3 is 40.3 Å². The Morgan fingerprint density at radius 2 is 1.15 bits per heavy atom. The Kier molecular flexibility index (Phi) is 28.8. The molecule has 0 bridgehead atoms. The second-order valence-electron chi connectivity index (χ2n) is 14.1. The highest BCUT2D eigenvalue weighted by Crippen LogP contribution is 2.22. The summed E-state index contributed by atoms with van der Waals surface area (Å²) in [6.45, 7) is 3.74. The molecule has 0 aliphatic carbocycles. The van der Waals surface area contributed by atoms with E-state index in [0.717, 1.165) is 38.5 Å². The van der Waals surface area contributed by atoms with Crippen molar-refractivity contribution in [3.05, 3.63) is 12.2 Å². The van der Waals surface area contributed by atoms with Crippen molar-refractivity contribution in [2.45, 2.75) is 217 Å². The quantitative estimate of drug-likeness (QED) is 0.0328. The summed E-state index contributed by atoms with van der Waals surface area (Å²) in [4.78, 5) is 12.8. The van der Waals surface area contributed by atoms with Crippen molar-refractivity contribution in [1.29, 1.82) is 0 Å². The van der Waals surface area contributed by atoms with Gasteiger partial charge in [-0.3, -0.25) is 4.79 Å². The number of aliphatic hydroxyl groups excluding tert-OH is 5. The molecular formula is C39H75NO8. The molecule has 5 unspecified atom stereocenters. The van der Waals surface area contributed by atoms with Crippen LogP contribution in [0, 0.1) is 0 Å². The zero-order chi connectivity index (χ0) is 35.2. The van der Waals surface area contributed by atoms with Crippen LogP contribution in [-0.2, 0) is 14.3 Å². The third-order valence-electron chi connectivity index (χ3n) is 9.61. The number of carbonyl (C=O) groups is 1. The number of rotatable bonds is 32. The summed E-state index contributed by atoms with van der Waals surface area (Å²) in [6, 6.07) is -0.796. The van der Waals surface area contributed by atoms with E-state index in [4.69, 9.17) is 9.47 Å². The van der Waals surface area contributed by atoms with Crippen molar-refractivity contribution in [2.75, 3.05) is 13.2 Å². The van der Waals surface area contributed by atoms with E-state index in [1.807, 2.05) is 6.08 Å². The number of hydrogen-bond acceptors (Lipinski definition) is 8. The molecule has 48 heavy (non-hydrogen) atoms. The molecule has 7 atom stereocenters. The first-order valence-electron chi connectivity index (χ1n) is 19.9. The van der Waals surface area contributed by atoms with Crippen molar-refractivity contribution in [3.63, 3.8) is 0 Å². The summed E-state index contributed by atoms with van der Waals surface area (Å²) in [5, 5.41) is 53.9. The molecule has 1 fully saturated rings. The standard InChI is InChI=1S/C39H75NO8/c1-3-5-7-9-11-13-15-17-18-20-22-24-26-28-33(42)32(31-47-39-38(46)37(45)36(44)34(30-41)48-39)40-35(43)29-27-25-23-21-19-16-14-12-10-8-6-4-2/h26,28,32-34,36-39,41-42,44-46H,3-25,27,29-31H2,1-2H3,(H,40,43)/b28-26+/t32?,33?,34?,36-,37?,38+,39?/m0/s1. The van der Waals surface area contributed by atoms with Gasteiger partial charge in [-0.05, 0) is 19.3 Å². The number of allylic oxidation sites excluding steroid dienone is 1. The monoisotopic (exact) mass is 686 g/mol. The number of unbranched alkanes of at least 4 members (excludes halogenated alkanes) is 22. The highest BCUT2D eigenvalue weighted by atomic mass is 16.7. The summed E-state index contributed by atoms with van der Waals surface area (Å²) < 4.78 is 11.2. The van der Waals surface area contributed by atoms with Crippen LogP contribution in [0.15, 0.2) is 12.2 Å². The van der Waals surface area contributed by atoms with Gasteiger partial charge in [0.2, 0.25) is 5.91 Å². The Balaban J connectivity index is 2.45. The van der Waals surface area contributed by atoms with Gasteiger partial charge in [0.05, 0.1) is 25.4 Å². The van der Waals surface area contributed by atoms with E-state index < -0.39 is 49.5 Å². The molecule has 0 saturated carbocycles. The lowest BCUT2D eigenvalue weighted by atomic mass is 9.99. The van der Waals surface area contributed by atoms with E-state index in [1.165, 1.54) is 116 Å². The number of amides is 1. The topological polar surface area (TPSA) is 149 Å². The molecule has 9 heteroatoms. The number of carbonyl (C=O) groups excluding carboxylic acids is 1. The molecule has 9 nitrogen and oxygen atoms in total. The third kappa shape index (κ3) is 21.9. The van der Waals surface area contributed by atoms with Gasteiger partial charge in [0.15, 0.2) is 6.29 Å². The van der Waals surface area contributed by atoms with Crippen LogP contribution in [0.4, 0.5) is 0 Å². The minimum atomic E-state index is -1.56. The molecule has 0 aromatic carbocycles. The summed E-state index contributed by atoms with van der Waals surface area (Å²) in [7, 11) is 0. The molecule has 1 aliphatic rings. The van der Waals surface area contributed by atoms with Crippen molar-refractivity contribution >= 4 is 5.91 Å². The fourth-order valence-electron chi connectivity index (χ4n) is 6.33. The van der Waals surface area contributed by atoms with E-state index in [1.54, 1.807) is 6.08 Å². The lowest BCUT2D eigenvalue weighted by Gasteiger charge is -2.40. The number of aliphatic hydroxyl groups is 5. The lowest BCUT2D eigenvalue weighted by molar-refractivity contribution is -0.302. The molecule has 1 saturated heterocycles. The second-order valence-corrected chi connectivity index (χ2v) is 14.1. The predicted molar refractivity (Wildman–Crippen MR) is 194 cm³/mol. The Hall–Kier alpha value is -1.07. The van der Waals surface area contributed by atoms with Gasteiger partial charge in [-0.1, -0.05) is 161 Å². The van der Waals surface area contributed by atoms with Crippen LogP contribution in [0.1, 0.15) is 174 Å². The average molecular weight is 686 g/mol. The maximum atomic E-state index is 12.8. The first-order chi connectivity index (χ1) is 23.3. The molecule has 6 N–H and O–H groups in total. The SMILES string of the molecule is CCCCCCCCCCCCC/C=C/C(O)C(COC1OC(CO)[C@H](O)C(O)[C@H]1O)NC(=O)CCCCCCCCCCCCCC. The first kappa shape index (κ1) is 45.0. The molecule has 284 valence electrons. The molecule has 0 spiro atoms. The Labute approximate surface area is 293 Å². The van der Waals surface area contributed by atoms with Crippen molar-refractivity contribution in [1.82, 2.24) is 5.32 Å².